The summed E-state index contributed by atoms with van der Waals surface area (Å²) in [4.78, 5) is 14.0. The van der Waals surface area contributed by atoms with Crippen molar-refractivity contribution in [3.63, 3.8) is 0 Å². The van der Waals surface area contributed by atoms with E-state index in [4.69, 9.17) is 9.26 Å². The molecule has 0 unspecified atom stereocenters. The molecular formula is C13H20N2O3. The fraction of sp³-hybridized carbons (Fsp3) is 0.692. The zero-order chi connectivity index (χ0) is 13.0. The Balaban J connectivity index is 1.94. The minimum Gasteiger partial charge on any atom is -0.381 e. The van der Waals surface area contributed by atoms with Gasteiger partial charge in [-0.1, -0.05) is 5.16 Å². The number of hydrogen-bond acceptors (Lipinski definition) is 4. The largest absolute Gasteiger partial charge is 0.381 e. The predicted molar refractivity (Wildman–Crippen MR) is 66.4 cm³/mol. The molecule has 1 aromatic rings. The summed E-state index contributed by atoms with van der Waals surface area (Å²) in [7, 11) is 0. The van der Waals surface area contributed by atoms with Gasteiger partial charge in [0.25, 0.3) is 5.91 Å². The van der Waals surface area contributed by atoms with Gasteiger partial charge in [-0.15, -0.1) is 0 Å². The smallest absolute Gasteiger partial charge is 0.292 e. The lowest BCUT2D eigenvalue weighted by Gasteiger charge is -2.31. The number of piperidine rings is 1. The molecule has 0 saturated carbocycles. The van der Waals surface area contributed by atoms with Crippen molar-refractivity contribution in [1.82, 2.24) is 10.1 Å². The van der Waals surface area contributed by atoms with Crippen molar-refractivity contribution in [2.24, 2.45) is 5.92 Å². The van der Waals surface area contributed by atoms with Crippen LogP contribution in [-0.2, 0) is 4.74 Å². The average molecular weight is 252 g/mol. The molecule has 1 amide bonds. The highest BCUT2D eigenvalue weighted by atomic mass is 16.5. The highest BCUT2D eigenvalue weighted by Gasteiger charge is 2.26. The van der Waals surface area contributed by atoms with E-state index in [1.165, 1.54) is 0 Å². The minimum atomic E-state index is -0.0585. The van der Waals surface area contributed by atoms with Crippen LogP contribution < -0.4 is 0 Å². The Morgan fingerprint density at radius 3 is 3.17 bits per heavy atom. The summed E-state index contributed by atoms with van der Waals surface area (Å²) in [5.41, 5.74) is 0.737. The first-order valence-electron chi connectivity index (χ1n) is 6.51. The Labute approximate surface area is 107 Å². The number of aromatic nitrogens is 1. The highest BCUT2D eigenvalue weighted by molar-refractivity contribution is 5.91. The molecule has 18 heavy (non-hydrogen) atoms. The fourth-order valence-corrected chi connectivity index (χ4v) is 2.29. The monoisotopic (exact) mass is 252 g/mol. The molecule has 0 radical (unpaired) electrons. The molecule has 0 aliphatic carbocycles. The molecule has 0 bridgehead atoms. The van der Waals surface area contributed by atoms with Crippen LogP contribution in [0.5, 0.6) is 0 Å². The van der Waals surface area contributed by atoms with Crippen LogP contribution in [0, 0.1) is 12.8 Å². The molecule has 1 aliphatic rings. The van der Waals surface area contributed by atoms with Crippen LogP contribution >= 0.6 is 0 Å². The summed E-state index contributed by atoms with van der Waals surface area (Å²) >= 11 is 0. The number of rotatable bonds is 4. The van der Waals surface area contributed by atoms with E-state index in [1.807, 2.05) is 18.7 Å². The maximum atomic E-state index is 12.2. The van der Waals surface area contributed by atoms with E-state index in [0.29, 0.717) is 11.7 Å². The summed E-state index contributed by atoms with van der Waals surface area (Å²) < 4.78 is 10.5. The zero-order valence-corrected chi connectivity index (χ0v) is 11.0. The molecular weight excluding hydrogens is 232 g/mol. The number of carbonyl (C=O) groups is 1. The van der Waals surface area contributed by atoms with Crippen LogP contribution in [0.25, 0.3) is 0 Å². The van der Waals surface area contributed by atoms with Crippen LogP contribution in [0.1, 0.15) is 36.0 Å². The zero-order valence-electron chi connectivity index (χ0n) is 11.0. The van der Waals surface area contributed by atoms with E-state index >= 15 is 0 Å². The van der Waals surface area contributed by atoms with Crippen molar-refractivity contribution in [2.45, 2.75) is 26.7 Å². The summed E-state index contributed by atoms with van der Waals surface area (Å²) in [5.74, 6) is 0.716. The Kier molecular flexibility index (Phi) is 4.36. The molecule has 100 valence electrons. The van der Waals surface area contributed by atoms with Crippen molar-refractivity contribution in [1.29, 1.82) is 0 Å². The standard InChI is InChI=1S/C13H20N2O3/c1-3-17-9-11-5-4-6-15(8-11)13(16)12-7-10(2)14-18-12/h7,11H,3-6,8-9H2,1-2H3/t11-/m1/s1. The minimum absolute atomic E-state index is 0.0585. The normalized spacial score (nSPS) is 20.1. The van der Waals surface area contributed by atoms with E-state index in [2.05, 4.69) is 5.16 Å². The van der Waals surface area contributed by atoms with Crippen LogP contribution in [-0.4, -0.2) is 42.3 Å². The quantitative estimate of drug-likeness (QED) is 0.821. The number of hydrogen-bond donors (Lipinski definition) is 0. The molecule has 0 aromatic carbocycles. The maximum absolute atomic E-state index is 12.2. The third-order valence-corrected chi connectivity index (χ3v) is 3.20. The lowest BCUT2D eigenvalue weighted by Crippen LogP contribution is -2.41. The Hall–Kier alpha value is -1.36. The first-order valence-corrected chi connectivity index (χ1v) is 6.51. The van der Waals surface area contributed by atoms with E-state index < -0.39 is 0 Å². The van der Waals surface area contributed by atoms with Gasteiger partial charge in [-0.2, -0.15) is 0 Å². The van der Waals surface area contributed by atoms with Crippen molar-refractivity contribution >= 4 is 5.91 Å². The molecule has 2 rings (SSSR count). The van der Waals surface area contributed by atoms with Crippen molar-refractivity contribution < 1.29 is 14.1 Å². The average Bonchev–Trinajstić information content (AvgIpc) is 2.82. The topological polar surface area (TPSA) is 55.6 Å². The summed E-state index contributed by atoms with van der Waals surface area (Å²) in [6.45, 7) is 6.80. The van der Waals surface area contributed by atoms with E-state index in [0.717, 1.165) is 44.8 Å². The number of likely N-dealkylation sites (tertiary alicyclic amines) is 1. The number of ether oxygens (including phenoxy) is 1. The van der Waals surface area contributed by atoms with Crippen molar-refractivity contribution in [3.8, 4) is 0 Å². The molecule has 1 aromatic heterocycles. The maximum Gasteiger partial charge on any atom is 0.292 e. The molecule has 1 saturated heterocycles. The van der Waals surface area contributed by atoms with E-state index in [1.54, 1.807) is 6.07 Å². The molecule has 0 spiro atoms. The summed E-state index contributed by atoms with van der Waals surface area (Å²) in [6, 6.07) is 1.69. The van der Waals surface area contributed by atoms with Crippen molar-refractivity contribution in [2.75, 3.05) is 26.3 Å². The van der Waals surface area contributed by atoms with Crippen molar-refractivity contribution in [3.05, 3.63) is 17.5 Å². The van der Waals surface area contributed by atoms with Gasteiger partial charge in [-0.3, -0.25) is 4.79 Å². The SMILES string of the molecule is CCOC[C@@H]1CCCN(C(=O)c2cc(C)no2)C1. The molecule has 0 N–H and O–H groups in total. The van der Waals surface area contributed by atoms with Crippen LogP contribution in [0.4, 0.5) is 0 Å². The van der Waals surface area contributed by atoms with Gasteiger partial charge in [0.05, 0.1) is 12.3 Å². The number of carbonyl (C=O) groups excluding carboxylic acids is 1. The fourth-order valence-electron chi connectivity index (χ4n) is 2.29. The number of amides is 1. The molecule has 1 aliphatic heterocycles. The van der Waals surface area contributed by atoms with Gasteiger partial charge in [0.1, 0.15) is 0 Å². The summed E-state index contributed by atoms with van der Waals surface area (Å²) in [6.07, 6.45) is 2.15. The highest BCUT2D eigenvalue weighted by Crippen LogP contribution is 2.19. The molecule has 5 heteroatoms. The summed E-state index contributed by atoms with van der Waals surface area (Å²) in [5, 5.41) is 3.75. The third kappa shape index (κ3) is 3.10. The first-order chi connectivity index (χ1) is 8.70. The lowest BCUT2D eigenvalue weighted by molar-refractivity contribution is 0.0471. The predicted octanol–water partition coefficient (Wildman–Crippen LogP) is 1.87. The van der Waals surface area contributed by atoms with Gasteiger partial charge in [-0.25, -0.2) is 0 Å². The van der Waals surface area contributed by atoms with E-state index in [9.17, 15) is 4.79 Å². The molecule has 1 fully saturated rings. The number of aryl methyl sites for hydroxylation is 1. The van der Waals surface area contributed by atoms with Gasteiger partial charge < -0.3 is 14.2 Å². The van der Waals surface area contributed by atoms with E-state index in [-0.39, 0.29) is 5.91 Å². The third-order valence-electron chi connectivity index (χ3n) is 3.20. The van der Waals surface area contributed by atoms with Crippen LogP contribution in [0.2, 0.25) is 0 Å². The van der Waals surface area contributed by atoms with Gasteiger partial charge in [0, 0.05) is 25.8 Å². The second-order valence-corrected chi connectivity index (χ2v) is 4.75. The van der Waals surface area contributed by atoms with Gasteiger partial charge in [0.2, 0.25) is 5.76 Å². The van der Waals surface area contributed by atoms with Gasteiger partial charge in [-0.05, 0) is 32.6 Å². The second kappa shape index (κ2) is 6.00. The Bertz CT molecular complexity index is 403. The lowest BCUT2D eigenvalue weighted by atomic mass is 9.99. The van der Waals surface area contributed by atoms with Gasteiger partial charge in [0.15, 0.2) is 0 Å². The first kappa shape index (κ1) is 13.1. The Morgan fingerprint density at radius 2 is 2.50 bits per heavy atom. The van der Waals surface area contributed by atoms with Gasteiger partial charge >= 0.3 is 0 Å². The molecule has 1 atom stereocenters. The number of nitrogens with zero attached hydrogens (tertiary/aromatic N) is 2. The second-order valence-electron chi connectivity index (χ2n) is 4.75. The van der Waals surface area contributed by atoms with Crippen LogP contribution in [0.3, 0.4) is 0 Å². The van der Waals surface area contributed by atoms with Crippen LogP contribution in [0.15, 0.2) is 10.6 Å². The molecule has 2 heterocycles. The Morgan fingerprint density at radius 1 is 1.67 bits per heavy atom. The molecule has 5 nitrogen and oxygen atoms in total.